The first-order valence-corrected chi connectivity index (χ1v) is 11.6. The summed E-state index contributed by atoms with van der Waals surface area (Å²) in [6, 6.07) is 8.50. The Balaban J connectivity index is 1.51. The van der Waals surface area contributed by atoms with Crippen LogP contribution in [-0.4, -0.2) is 59.2 Å². The van der Waals surface area contributed by atoms with Crippen LogP contribution in [0, 0.1) is 0 Å². The van der Waals surface area contributed by atoms with Gasteiger partial charge < -0.3 is 14.2 Å². The van der Waals surface area contributed by atoms with Gasteiger partial charge in [0.15, 0.2) is 0 Å². The second kappa shape index (κ2) is 8.87. The fourth-order valence-electron chi connectivity index (χ4n) is 5.08. The van der Waals surface area contributed by atoms with Gasteiger partial charge in [0.2, 0.25) is 0 Å². The summed E-state index contributed by atoms with van der Waals surface area (Å²) < 4.78 is 46.6. The Kier molecular flexibility index (Phi) is 6.44. The Labute approximate surface area is 197 Å². The number of carbonyl (C=O) groups is 1. The lowest BCUT2D eigenvalue weighted by molar-refractivity contribution is -0.128. The normalized spacial score (nSPS) is 18.6. The first-order chi connectivity index (χ1) is 15.5. The molecule has 1 aromatic heterocycles. The Hall–Kier alpha value is -2.19. The quantitative estimate of drug-likeness (QED) is 0.606. The molecule has 0 aliphatic carbocycles. The van der Waals surface area contributed by atoms with E-state index in [9.17, 15) is 18.0 Å². The van der Waals surface area contributed by atoms with Crippen molar-refractivity contribution in [3.8, 4) is 5.75 Å². The number of amides is 1. The molecule has 4 rings (SSSR count). The zero-order valence-corrected chi connectivity index (χ0v) is 19.8. The van der Waals surface area contributed by atoms with E-state index in [0.29, 0.717) is 61.1 Å². The molecular formula is C24H29ClF3N3O2. The molecule has 0 radical (unpaired) electrons. The SMILES string of the molecule is CC(C)Oc1ccc(C(=O)N2CCC3(CC2)c2ccc(CC(F)(F)F)n2CCN3C)cc1Cl. The smallest absolute Gasteiger partial charge is 0.394 e. The van der Waals surface area contributed by atoms with Crippen LogP contribution in [0.5, 0.6) is 5.75 Å². The second-order valence-electron chi connectivity index (χ2n) is 9.21. The molecule has 0 bridgehead atoms. The summed E-state index contributed by atoms with van der Waals surface area (Å²) >= 11 is 6.31. The van der Waals surface area contributed by atoms with Gasteiger partial charge in [0, 0.05) is 43.1 Å². The first kappa shape index (κ1) is 24.0. The number of carbonyl (C=O) groups excluding carboxylic acids is 1. The van der Waals surface area contributed by atoms with Crippen LogP contribution in [0.25, 0.3) is 0 Å². The summed E-state index contributed by atoms with van der Waals surface area (Å²) in [5.41, 5.74) is 1.36. The van der Waals surface area contributed by atoms with Crippen molar-refractivity contribution in [1.29, 1.82) is 0 Å². The number of rotatable bonds is 4. The molecule has 1 amide bonds. The number of aromatic nitrogens is 1. The van der Waals surface area contributed by atoms with Gasteiger partial charge >= 0.3 is 6.18 Å². The minimum Gasteiger partial charge on any atom is -0.489 e. The third kappa shape index (κ3) is 4.73. The maximum Gasteiger partial charge on any atom is 0.394 e. The summed E-state index contributed by atoms with van der Waals surface area (Å²) in [7, 11) is 2.02. The van der Waals surface area contributed by atoms with Crippen LogP contribution in [-0.2, 0) is 18.5 Å². The molecule has 33 heavy (non-hydrogen) atoms. The predicted molar refractivity (Wildman–Crippen MR) is 121 cm³/mol. The minimum absolute atomic E-state index is 0.0228. The molecule has 5 nitrogen and oxygen atoms in total. The van der Waals surface area contributed by atoms with Gasteiger partial charge in [0.25, 0.3) is 5.91 Å². The highest BCUT2D eigenvalue weighted by Crippen LogP contribution is 2.42. The number of alkyl halides is 3. The maximum absolute atomic E-state index is 13.1. The average Bonchev–Trinajstić information content (AvgIpc) is 3.14. The highest BCUT2D eigenvalue weighted by Gasteiger charge is 2.45. The van der Waals surface area contributed by atoms with Crippen molar-refractivity contribution in [2.45, 2.75) is 57.5 Å². The maximum atomic E-state index is 13.1. The van der Waals surface area contributed by atoms with E-state index in [1.54, 1.807) is 29.2 Å². The summed E-state index contributed by atoms with van der Waals surface area (Å²) in [4.78, 5) is 17.2. The fourth-order valence-corrected chi connectivity index (χ4v) is 5.31. The number of ether oxygens (including phenoxy) is 1. The van der Waals surface area contributed by atoms with E-state index in [1.165, 1.54) is 0 Å². The number of benzene rings is 1. The molecule has 0 N–H and O–H groups in total. The van der Waals surface area contributed by atoms with Crippen molar-refractivity contribution >= 4 is 17.5 Å². The number of halogens is 4. The molecular weight excluding hydrogens is 455 g/mol. The van der Waals surface area contributed by atoms with Gasteiger partial charge in [-0.3, -0.25) is 9.69 Å². The summed E-state index contributed by atoms with van der Waals surface area (Å²) in [6.07, 6.45) is -3.86. The molecule has 2 aliphatic heterocycles. The highest BCUT2D eigenvalue weighted by atomic mass is 35.5. The zero-order valence-electron chi connectivity index (χ0n) is 19.1. The third-order valence-corrected chi connectivity index (χ3v) is 7.03. The van der Waals surface area contributed by atoms with Gasteiger partial charge in [-0.25, -0.2) is 0 Å². The van der Waals surface area contributed by atoms with Crippen LogP contribution in [0.4, 0.5) is 13.2 Å². The van der Waals surface area contributed by atoms with Crippen LogP contribution >= 0.6 is 11.6 Å². The van der Waals surface area contributed by atoms with Crippen LogP contribution in [0.1, 0.15) is 48.4 Å². The Morgan fingerprint density at radius 1 is 1.12 bits per heavy atom. The fraction of sp³-hybridized carbons (Fsp3) is 0.542. The summed E-state index contributed by atoms with van der Waals surface area (Å²) in [5.74, 6) is 0.439. The highest BCUT2D eigenvalue weighted by molar-refractivity contribution is 6.32. The Morgan fingerprint density at radius 3 is 2.42 bits per heavy atom. The lowest BCUT2D eigenvalue weighted by atomic mass is 9.81. The molecule has 1 fully saturated rings. The van der Waals surface area contributed by atoms with Crippen LogP contribution in [0.3, 0.4) is 0 Å². The molecule has 0 saturated carbocycles. The molecule has 9 heteroatoms. The van der Waals surface area contributed by atoms with E-state index >= 15 is 0 Å². The molecule has 1 spiro atoms. The number of piperidine rings is 1. The van der Waals surface area contributed by atoms with Gasteiger partial charge in [-0.1, -0.05) is 11.6 Å². The van der Waals surface area contributed by atoms with Crippen molar-refractivity contribution in [2.24, 2.45) is 0 Å². The Bertz CT molecular complexity index is 1030. The number of hydrogen-bond acceptors (Lipinski definition) is 3. The van der Waals surface area contributed by atoms with Crippen LogP contribution in [0.15, 0.2) is 30.3 Å². The zero-order chi connectivity index (χ0) is 24.0. The molecule has 0 unspecified atom stereocenters. The first-order valence-electron chi connectivity index (χ1n) is 11.2. The van der Waals surface area contributed by atoms with Gasteiger partial charge in [-0.15, -0.1) is 0 Å². The van der Waals surface area contributed by atoms with Crippen molar-refractivity contribution in [3.05, 3.63) is 52.3 Å². The minimum atomic E-state index is -4.24. The average molecular weight is 484 g/mol. The largest absolute Gasteiger partial charge is 0.489 e. The van der Waals surface area contributed by atoms with Crippen molar-refractivity contribution in [3.63, 3.8) is 0 Å². The van der Waals surface area contributed by atoms with Gasteiger partial charge in [0.05, 0.1) is 23.1 Å². The Morgan fingerprint density at radius 2 is 1.82 bits per heavy atom. The second-order valence-corrected chi connectivity index (χ2v) is 9.62. The number of hydrogen-bond donors (Lipinski definition) is 0. The van der Waals surface area contributed by atoms with Gasteiger partial charge in [-0.2, -0.15) is 13.2 Å². The van der Waals surface area contributed by atoms with E-state index < -0.39 is 12.6 Å². The lowest BCUT2D eigenvalue weighted by Crippen LogP contribution is -2.56. The van der Waals surface area contributed by atoms with Crippen molar-refractivity contribution in [2.75, 3.05) is 26.7 Å². The molecule has 1 saturated heterocycles. The molecule has 0 atom stereocenters. The standard InChI is InChI=1S/C24H29ClF3N3O2/c1-16(2)33-20-6-4-17(14-19(20)25)22(32)30-10-8-23(9-11-30)21-7-5-18(15-24(26,27)28)31(21)13-12-29(23)3/h4-7,14,16H,8-13,15H2,1-3H3. The number of likely N-dealkylation sites (tertiary alicyclic amines) is 1. The molecule has 2 aromatic rings. The predicted octanol–water partition coefficient (Wildman–Crippen LogP) is 5.11. The third-order valence-electron chi connectivity index (χ3n) is 6.74. The van der Waals surface area contributed by atoms with Crippen LogP contribution in [0.2, 0.25) is 5.02 Å². The number of nitrogens with zero attached hydrogens (tertiary/aromatic N) is 3. The topological polar surface area (TPSA) is 37.7 Å². The molecule has 3 heterocycles. The van der Waals surface area contributed by atoms with Crippen molar-refractivity contribution < 1.29 is 22.7 Å². The van der Waals surface area contributed by atoms with E-state index in [4.69, 9.17) is 16.3 Å². The van der Waals surface area contributed by atoms with Crippen LogP contribution < -0.4 is 4.74 Å². The molecule has 2 aliphatic rings. The molecule has 180 valence electrons. The summed E-state index contributed by atoms with van der Waals surface area (Å²) in [6.45, 7) is 6.06. The van der Waals surface area contributed by atoms with Gasteiger partial charge in [-0.05, 0) is 64.1 Å². The number of fused-ring (bicyclic) bond motifs is 2. The number of likely N-dealkylation sites (N-methyl/N-ethyl adjacent to an activating group) is 1. The van der Waals surface area contributed by atoms with E-state index in [1.807, 2.05) is 31.5 Å². The lowest BCUT2D eigenvalue weighted by Gasteiger charge is -2.50. The van der Waals surface area contributed by atoms with E-state index in [-0.39, 0.29) is 17.6 Å². The van der Waals surface area contributed by atoms with E-state index in [0.717, 1.165) is 5.69 Å². The monoisotopic (exact) mass is 483 g/mol. The van der Waals surface area contributed by atoms with E-state index in [2.05, 4.69) is 4.90 Å². The molecule has 1 aromatic carbocycles. The van der Waals surface area contributed by atoms with Crippen molar-refractivity contribution in [1.82, 2.24) is 14.4 Å². The summed E-state index contributed by atoms with van der Waals surface area (Å²) in [5, 5.41) is 0.394. The van der Waals surface area contributed by atoms with Gasteiger partial charge in [0.1, 0.15) is 5.75 Å².